The third-order valence-electron chi connectivity index (χ3n) is 5.22. The van der Waals surface area contributed by atoms with Crippen molar-refractivity contribution < 1.29 is 9.59 Å². The third-order valence-corrected chi connectivity index (χ3v) is 6.32. The molecule has 1 fully saturated rings. The number of carbonyl (C=O) groups is 2. The maximum Gasteiger partial charge on any atom is 0.235 e. The lowest BCUT2D eigenvalue weighted by atomic mass is 10.1. The highest BCUT2D eigenvalue weighted by molar-refractivity contribution is 8.00. The van der Waals surface area contributed by atoms with Crippen LogP contribution in [-0.2, 0) is 16.1 Å². The molecular formula is C24H28N4O2S. The van der Waals surface area contributed by atoms with Gasteiger partial charge in [-0.3, -0.25) is 14.5 Å². The zero-order valence-electron chi connectivity index (χ0n) is 18.0. The largest absolute Gasteiger partial charge is 0.340 e. The second kappa shape index (κ2) is 11.0. The molecule has 31 heavy (non-hydrogen) atoms. The third kappa shape index (κ3) is 6.84. The maximum absolute atomic E-state index is 13.0. The van der Waals surface area contributed by atoms with Crippen molar-refractivity contribution in [3.05, 3.63) is 59.7 Å². The average Bonchev–Trinajstić information content (AvgIpc) is 3.00. The van der Waals surface area contributed by atoms with E-state index in [0.717, 1.165) is 49.7 Å². The van der Waals surface area contributed by atoms with E-state index in [1.54, 1.807) is 11.8 Å². The smallest absolute Gasteiger partial charge is 0.235 e. The van der Waals surface area contributed by atoms with E-state index in [9.17, 15) is 9.59 Å². The van der Waals surface area contributed by atoms with E-state index >= 15 is 0 Å². The number of hydrogen-bond acceptors (Lipinski definition) is 5. The molecule has 1 saturated heterocycles. The van der Waals surface area contributed by atoms with Crippen molar-refractivity contribution in [3.63, 3.8) is 0 Å². The molecule has 0 aromatic heterocycles. The van der Waals surface area contributed by atoms with Crippen LogP contribution in [0.2, 0.25) is 0 Å². The summed E-state index contributed by atoms with van der Waals surface area (Å²) in [5.41, 5.74) is 2.61. The van der Waals surface area contributed by atoms with E-state index in [0.29, 0.717) is 5.56 Å². The minimum absolute atomic E-state index is 0.0988. The molecule has 0 aliphatic carbocycles. The van der Waals surface area contributed by atoms with Gasteiger partial charge in [-0.1, -0.05) is 12.1 Å². The first kappa shape index (κ1) is 22.9. The van der Waals surface area contributed by atoms with Gasteiger partial charge in [0, 0.05) is 50.2 Å². The summed E-state index contributed by atoms with van der Waals surface area (Å²) >= 11 is 1.54. The van der Waals surface area contributed by atoms with Gasteiger partial charge in [-0.15, -0.1) is 11.8 Å². The first-order valence-corrected chi connectivity index (χ1v) is 11.4. The van der Waals surface area contributed by atoms with Gasteiger partial charge in [0.05, 0.1) is 16.9 Å². The molecule has 1 unspecified atom stereocenters. The van der Waals surface area contributed by atoms with E-state index in [-0.39, 0.29) is 17.1 Å². The average molecular weight is 437 g/mol. The van der Waals surface area contributed by atoms with Crippen LogP contribution in [0.1, 0.15) is 31.4 Å². The standard InChI is InChI=1S/C24H28N4O2S/c1-18(31-23-10-8-22(9-11-23)26-19(2)29)24(30)28-13-3-12-27(14-15-28)17-21-6-4-20(16-25)5-7-21/h4-11,18H,3,12-15,17H2,1-2H3,(H,26,29). The Kier molecular flexibility index (Phi) is 8.10. The van der Waals surface area contributed by atoms with E-state index in [2.05, 4.69) is 16.3 Å². The number of thioether (sulfide) groups is 1. The summed E-state index contributed by atoms with van der Waals surface area (Å²) in [4.78, 5) is 29.5. The summed E-state index contributed by atoms with van der Waals surface area (Å²) in [5.74, 6) is 0.0644. The fourth-order valence-corrected chi connectivity index (χ4v) is 4.58. The summed E-state index contributed by atoms with van der Waals surface area (Å²) in [6.07, 6.45) is 0.949. The van der Waals surface area contributed by atoms with Crippen LogP contribution in [0.15, 0.2) is 53.4 Å². The minimum Gasteiger partial charge on any atom is -0.340 e. The number of amides is 2. The van der Waals surface area contributed by atoms with E-state index in [1.165, 1.54) is 12.5 Å². The van der Waals surface area contributed by atoms with Gasteiger partial charge >= 0.3 is 0 Å². The quantitative estimate of drug-likeness (QED) is 0.698. The number of nitrogens with one attached hydrogen (secondary N) is 1. The zero-order valence-corrected chi connectivity index (χ0v) is 18.8. The van der Waals surface area contributed by atoms with Crippen molar-refractivity contribution >= 4 is 29.3 Å². The molecule has 0 radical (unpaired) electrons. The first-order chi connectivity index (χ1) is 14.9. The molecule has 1 heterocycles. The SMILES string of the molecule is CC(=O)Nc1ccc(SC(C)C(=O)N2CCCN(Cc3ccc(C#N)cc3)CC2)cc1. The first-order valence-electron chi connectivity index (χ1n) is 10.5. The fourth-order valence-electron chi connectivity index (χ4n) is 3.62. The van der Waals surface area contributed by atoms with Crippen molar-refractivity contribution in [2.75, 3.05) is 31.5 Å². The number of nitriles is 1. The summed E-state index contributed by atoms with van der Waals surface area (Å²) in [6, 6.07) is 17.4. The molecule has 2 aromatic rings. The molecule has 162 valence electrons. The molecule has 0 saturated carbocycles. The number of rotatable bonds is 6. The van der Waals surface area contributed by atoms with Crippen molar-refractivity contribution in [2.24, 2.45) is 0 Å². The topological polar surface area (TPSA) is 76.4 Å². The second-order valence-corrected chi connectivity index (χ2v) is 9.14. The normalized spacial score (nSPS) is 15.6. The molecule has 0 bridgehead atoms. The molecule has 6 nitrogen and oxygen atoms in total. The van der Waals surface area contributed by atoms with Crippen molar-refractivity contribution in [3.8, 4) is 6.07 Å². The van der Waals surface area contributed by atoms with E-state index < -0.39 is 0 Å². The van der Waals surface area contributed by atoms with Crippen LogP contribution in [0.5, 0.6) is 0 Å². The Labute approximate surface area is 188 Å². The van der Waals surface area contributed by atoms with Crippen LogP contribution >= 0.6 is 11.8 Å². The van der Waals surface area contributed by atoms with Crippen LogP contribution in [-0.4, -0.2) is 53.0 Å². The summed E-state index contributed by atoms with van der Waals surface area (Å²) in [5, 5.41) is 11.5. The van der Waals surface area contributed by atoms with Gasteiger partial charge in [0.2, 0.25) is 11.8 Å². The molecule has 0 spiro atoms. The molecule has 3 rings (SSSR count). The highest BCUT2D eigenvalue weighted by atomic mass is 32.2. The fraction of sp³-hybridized carbons (Fsp3) is 0.375. The summed E-state index contributed by atoms with van der Waals surface area (Å²) in [7, 11) is 0. The Morgan fingerprint density at radius 2 is 1.77 bits per heavy atom. The lowest BCUT2D eigenvalue weighted by Gasteiger charge is -2.24. The van der Waals surface area contributed by atoms with Gasteiger partial charge in [-0.25, -0.2) is 0 Å². The number of benzene rings is 2. The highest BCUT2D eigenvalue weighted by Crippen LogP contribution is 2.26. The number of nitrogens with zero attached hydrogens (tertiary/aromatic N) is 3. The van der Waals surface area contributed by atoms with Crippen LogP contribution in [0, 0.1) is 11.3 Å². The van der Waals surface area contributed by atoms with E-state index in [1.807, 2.05) is 60.4 Å². The van der Waals surface area contributed by atoms with E-state index in [4.69, 9.17) is 5.26 Å². The molecular weight excluding hydrogens is 408 g/mol. The molecule has 1 aliphatic rings. The van der Waals surface area contributed by atoms with Gasteiger partial charge in [0.25, 0.3) is 0 Å². The summed E-state index contributed by atoms with van der Waals surface area (Å²) < 4.78 is 0. The van der Waals surface area contributed by atoms with Gasteiger partial charge in [-0.2, -0.15) is 5.26 Å². The molecule has 2 aromatic carbocycles. The number of anilines is 1. The molecule has 2 amide bonds. The van der Waals surface area contributed by atoms with Crippen LogP contribution in [0.25, 0.3) is 0 Å². The number of hydrogen-bond donors (Lipinski definition) is 1. The van der Waals surface area contributed by atoms with Gasteiger partial charge in [0.1, 0.15) is 0 Å². The molecule has 1 atom stereocenters. The Morgan fingerprint density at radius 1 is 1.06 bits per heavy atom. The number of carbonyl (C=O) groups excluding carboxylic acids is 2. The van der Waals surface area contributed by atoms with Gasteiger partial charge in [0.15, 0.2) is 0 Å². The molecule has 1 N–H and O–H groups in total. The molecule has 7 heteroatoms. The maximum atomic E-state index is 13.0. The molecule has 1 aliphatic heterocycles. The van der Waals surface area contributed by atoms with Gasteiger partial charge < -0.3 is 10.2 Å². The minimum atomic E-state index is -0.170. The van der Waals surface area contributed by atoms with Gasteiger partial charge in [-0.05, 0) is 55.3 Å². The van der Waals surface area contributed by atoms with Crippen molar-refractivity contribution in [1.29, 1.82) is 5.26 Å². The Bertz CT molecular complexity index is 938. The van der Waals surface area contributed by atoms with Crippen molar-refractivity contribution in [2.45, 2.75) is 37.0 Å². The Morgan fingerprint density at radius 3 is 2.42 bits per heavy atom. The zero-order chi connectivity index (χ0) is 22.2. The second-order valence-electron chi connectivity index (χ2n) is 7.73. The summed E-state index contributed by atoms with van der Waals surface area (Å²) in [6.45, 7) is 7.56. The van der Waals surface area contributed by atoms with Crippen molar-refractivity contribution in [1.82, 2.24) is 9.80 Å². The van der Waals surface area contributed by atoms with Crippen LogP contribution in [0.3, 0.4) is 0 Å². The van der Waals surface area contributed by atoms with Crippen LogP contribution in [0.4, 0.5) is 5.69 Å². The monoisotopic (exact) mass is 436 g/mol. The highest BCUT2D eigenvalue weighted by Gasteiger charge is 2.24. The predicted molar refractivity (Wildman–Crippen MR) is 124 cm³/mol. The lowest BCUT2D eigenvalue weighted by Crippen LogP contribution is -2.39. The Hall–Kier alpha value is -2.82. The lowest BCUT2D eigenvalue weighted by molar-refractivity contribution is -0.130. The van der Waals surface area contributed by atoms with Crippen LogP contribution < -0.4 is 5.32 Å². The Balaban J connectivity index is 1.51. The predicted octanol–water partition coefficient (Wildman–Crippen LogP) is 3.73.